The summed E-state index contributed by atoms with van der Waals surface area (Å²) < 4.78 is 0. The molecule has 0 aliphatic carbocycles. The van der Waals surface area contributed by atoms with Gasteiger partial charge in [-0.15, -0.1) is 11.3 Å². The maximum absolute atomic E-state index is 12.8. The minimum Gasteiger partial charge on any atom is -0.339 e. The Labute approximate surface area is 156 Å². The predicted octanol–water partition coefficient (Wildman–Crippen LogP) is 3.72. The Balaban J connectivity index is 1.77. The second-order valence-electron chi connectivity index (χ2n) is 6.36. The first-order valence-corrected chi connectivity index (χ1v) is 9.48. The zero-order valence-electron chi connectivity index (χ0n) is 15.0. The third-order valence-electron chi connectivity index (χ3n) is 4.48. The van der Waals surface area contributed by atoms with Crippen molar-refractivity contribution in [1.82, 2.24) is 15.3 Å². The van der Waals surface area contributed by atoms with Gasteiger partial charge in [0.25, 0.3) is 5.91 Å². The minimum absolute atomic E-state index is 0.0106. The van der Waals surface area contributed by atoms with Crippen LogP contribution in [0.3, 0.4) is 0 Å². The number of aryl methyl sites for hydroxylation is 1. The summed E-state index contributed by atoms with van der Waals surface area (Å²) in [6.07, 6.45) is 0.766. The number of aromatic nitrogens is 2. The van der Waals surface area contributed by atoms with Crippen molar-refractivity contribution in [2.45, 2.75) is 33.2 Å². The number of rotatable bonds is 6. The fourth-order valence-corrected chi connectivity index (χ4v) is 3.55. The number of carbonyl (C=O) groups excluding carboxylic acids is 2. The molecule has 2 atom stereocenters. The number of hydrogen-bond acceptors (Lipinski definition) is 4. The number of para-hydroxylation sites is 2. The van der Waals surface area contributed by atoms with Crippen molar-refractivity contribution in [2.75, 3.05) is 5.32 Å². The van der Waals surface area contributed by atoms with Crippen LogP contribution in [-0.4, -0.2) is 27.8 Å². The van der Waals surface area contributed by atoms with E-state index in [1.54, 1.807) is 0 Å². The first kappa shape index (κ1) is 18.1. The van der Waals surface area contributed by atoms with Crippen LogP contribution in [0.15, 0.2) is 35.7 Å². The smallest absolute Gasteiger partial charge is 0.262 e. The number of benzene rings is 1. The molecule has 2 heterocycles. The second-order valence-corrected chi connectivity index (χ2v) is 7.28. The lowest BCUT2D eigenvalue weighted by Gasteiger charge is -2.23. The van der Waals surface area contributed by atoms with Crippen LogP contribution in [0.5, 0.6) is 0 Å². The molecule has 2 aromatic heterocycles. The molecule has 0 aliphatic heterocycles. The fourth-order valence-electron chi connectivity index (χ4n) is 2.72. The van der Waals surface area contributed by atoms with Crippen molar-refractivity contribution in [1.29, 1.82) is 0 Å². The molecule has 0 aliphatic rings. The van der Waals surface area contributed by atoms with Crippen molar-refractivity contribution >= 4 is 40.1 Å². The number of aromatic amines is 1. The second kappa shape index (κ2) is 7.70. The largest absolute Gasteiger partial charge is 0.339 e. The molecule has 2 amide bonds. The Morgan fingerprint density at radius 2 is 2.04 bits per heavy atom. The number of anilines is 1. The molecule has 3 N–H and O–H groups in total. The quantitative estimate of drug-likeness (QED) is 0.618. The van der Waals surface area contributed by atoms with Gasteiger partial charge >= 0.3 is 0 Å². The number of H-pyrrole nitrogens is 1. The summed E-state index contributed by atoms with van der Waals surface area (Å²) in [5.41, 5.74) is 2.54. The molecule has 0 spiro atoms. The molecule has 1 aromatic carbocycles. The van der Waals surface area contributed by atoms with E-state index in [1.165, 1.54) is 11.3 Å². The SMILES string of the molecule is CC[C@H](C)[C@H](NC(=O)c1sccc1C)C(=O)Nc1nc2ccccc2[nH]1. The van der Waals surface area contributed by atoms with E-state index in [9.17, 15) is 9.59 Å². The maximum atomic E-state index is 12.8. The molecule has 0 saturated heterocycles. The number of carbonyl (C=O) groups is 2. The van der Waals surface area contributed by atoms with E-state index >= 15 is 0 Å². The van der Waals surface area contributed by atoms with E-state index in [0.29, 0.717) is 10.8 Å². The maximum Gasteiger partial charge on any atom is 0.262 e. The van der Waals surface area contributed by atoms with E-state index < -0.39 is 6.04 Å². The summed E-state index contributed by atoms with van der Waals surface area (Å²) in [4.78, 5) is 33.4. The van der Waals surface area contributed by atoms with Gasteiger partial charge in [0.05, 0.1) is 15.9 Å². The molecular weight excluding hydrogens is 348 g/mol. The zero-order valence-corrected chi connectivity index (χ0v) is 15.8. The van der Waals surface area contributed by atoms with Gasteiger partial charge in [0.1, 0.15) is 6.04 Å². The highest BCUT2D eigenvalue weighted by Gasteiger charge is 2.27. The average molecular weight is 370 g/mol. The van der Waals surface area contributed by atoms with Gasteiger partial charge in [-0.05, 0) is 42.0 Å². The number of imidazole rings is 1. The van der Waals surface area contributed by atoms with Gasteiger partial charge in [-0.25, -0.2) is 4.98 Å². The molecule has 0 fully saturated rings. The Morgan fingerprint density at radius 3 is 2.69 bits per heavy atom. The van der Waals surface area contributed by atoms with Crippen molar-refractivity contribution in [3.8, 4) is 0 Å². The van der Waals surface area contributed by atoms with Crippen LogP contribution in [0.4, 0.5) is 5.95 Å². The third-order valence-corrected chi connectivity index (χ3v) is 5.50. The van der Waals surface area contributed by atoms with Gasteiger partial charge in [0.2, 0.25) is 11.9 Å². The molecule has 0 radical (unpaired) electrons. The van der Waals surface area contributed by atoms with E-state index in [4.69, 9.17) is 0 Å². The monoisotopic (exact) mass is 370 g/mol. The summed E-state index contributed by atoms with van der Waals surface area (Å²) in [6.45, 7) is 5.83. The molecule has 3 rings (SSSR count). The van der Waals surface area contributed by atoms with E-state index in [2.05, 4.69) is 20.6 Å². The lowest BCUT2D eigenvalue weighted by molar-refractivity contribution is -0.119. The minimum atomic E-state index is -0.637. The third kappa shape index (κ3) is 3.77. The number of thiophene rings is 1. The first-order valence-electron chi connectivity index (χ1n) is 8.60. The Morgan fingerprint density at radius 1 is 1.27 bits per heavy atom. The predicted molar refractivity (Wildman–Crippen MR) is 104 cm³/mol. The summed E-state index contributed by atoms with van der Waals surface area (Å²) in [5.74, 6) is -0.127. The van der Waals surface area contributed by atoms with Crippen molar-refractivity contribution in [2.24, 2.45) is 5.92 Å². The summed E-state index contributed by atoms with van der Waals surface area (Å²) in [6, 6.07) is 8.81. The molecule has 6 nitrogen and oxygen atoms in total. The first-order chi connectivity index (χ1) is 12.5. The normalized spacial score (nSPS) is 13.3. The summed E-state index contributed by atoms with van der Waals surface area (Å²) >= 11 is 1.38. The molecule has 26 heavy (non-hydrogen) atoms. The van der Waals surface area contributed by atoms with Crippen LogP contribution in [0.1, 0.15) is 35.5 Å². The van der Waals surface area contributed by atoms with E-state index in [-0.39, 0.29) is 17.7 Å². The van der Waals surface area contributed by atoms with Crippen LogP contribution < -0.4 is 10.6 Å². The van der Waals surface area contributed by atoms with Gasteiger partial charge in [-0.3, -0.25) is 14.9 Å². The van der Waals surface area contributed by atoms with Crippen molar-refractivity contribution in [3.63, 3.8) is 0 Å². The van der Waals surface area contributed by atoms with Crippen LogP contribution in [-0.2, 0) is 4.79 Å². The molecule has 0 bridgehead atoms. The van der Waals surface area contributed by atoms with Gasteiger partial charge in [-0.1, -0.05) is 32.4 Å². The Bertz CT molecular complexity index is 897. The highest BCUT2D eigenvalue weighted by molar-refractivity contribution is 7.12. The fraction of sp³-hybridized carbons (Fsp3) is 0.316. The Hall–Kier alpha value is -2.67. The van der Waals surface area contributed by atoms with Gasteiger partial charge < -0.3 is 10.3 Å². The number of amides is 2. The van der Waals surface area contributed by atoms with Gasteiger partial charge in [0, 0.05) is 0 Å². The van der Waals surface area contributed by atoms with Crippen molar-refractivity contribution < 1.29 is 9.59 Å². The van der Waals surface area contributed by atoms with Crippen LogP contribution in [0, 0.1) is 12.8 Å². The standard InChI is InChI=1S/C19H22N4O2S/c1-4-11(2)15(22-18(25)16-12(3)9-10-26-16)17(24)23-19-20-13-7-5-6-8-14(13)21-19/h5-11,15H,4H2,1-3H3,(H,22,25)(H2,20,21,23,24)/t11-,15-/m0/s1. The molecule has 0 unspecified atom stereocenters. The Kier molecular flexibility index (Phi) is 5.37. The number of hydrogen-bond donors (Lipinski definition) is 3. The number of nitrogens with one attached hydrogen (secondary N) is 3. The molecule has 3 aromatic rings. The zero-order chi connectivity index (χ0) is 18.7. The molecule has 0 saturated carbocycles. The van der Waals surface area contributed by atoms with Crippen LogP contribution >= 0.6 is 11.3 Å². The summed E-state index contributed by atoms with van der Waals surface area (Å²) in [5, 5.41) is 7.55. The van der Waals surface area contributed by atoms with E-state index in [1.807, 2.05) is 56.5 Å². The lowest BCUT2D eigenvalue weighted by atomic mass is 9.98. The number of fused-ring (bicyclic) bond motifs is 1. The van der Waals surface area contributed by atoms with Gasteiger partial charge in [0.15, 0.2) is 0 Å². The molecule has 136 valence electrons. The van der Waals surface area contributed by atoms with Crippen molar-refractivity contribution in [3.05, 3.63) is 46.2 Å². The molecular formula is C19H22N4O2S. The average Bonchev–Trinajstić information content (AvgIpc) is 3.23. The number of nitrogens with zero attached hydrogens (tertiary/aromatic N) is 1. The highest BCUT2D eigenvalue weighted by Crippen LogP contribution is 2.18. The summed E-state index contributed by atoms with van der Waals surface area (Å²) in [7, 11) is 0. The van der Waals surface area contributed by atoms with Crippen LogP contribution in [0.2, 0.25) is 0 Å². The topological polar surface area (TPSA) is 86.9 Å². The lowest BCUT2D eigenvalue weighted by Crippen LogP contribution is -2.47. The highest BCUT2D eigenvalue weighted by atomic mass is 32.1. The van der Waals surface area contributed by atoms with Gasteiger partial charge in [-0.2, -0.15) is 0 Å². The van der Waals surface area contributed by atoms with Crippen LogP contribution in [0.25, 0.3) is 11.0 Å². The molecule has 7 heteroatoms. The van der Waals surface area contributed by atoms with E-state index in [0.717, 1.165) is 23.0 Å².